The van der Waals surface area contributed by atoms with Crippen LogP contribution < -0.4 is 4.72 Å². The van der Waals surface area contributed by atoms with Gasteiger partial charge >= 0.3 is 5.97 Å². The predicted octanol–water partition coefficient (Wildman–Crippen LogP) is 2.73. The number of benzene rings is 1. The van der Waals surface area contributed by atoms with Gasteiger partial charge < -0.3 is 9.83 Å². The van der Waals surface area contributed by atoms with Crippen LogP contribution in [0.4, 0.5) is 5.69 Å². The van der Waals surface area contributed by atoms with Crippen LogP contribution in [-0.2, 0) is 0 Å². The summed E-state index contributed by atoms with van der Waals surface area (Å²) in [7, 11) is 0. The van der Waals surface area contributed by atoms with Gasteiger partial charge in [-0.3, -0.25) is 0 Å². The second-order valence-electron chi connectivity index (χ2n) is 2.27. The summed E-state index contributed by atoms with van der Waals surface area (Å²) in [6.45, 7) is 0. The zero-order valence-corrected chi connectivity index (χ0v) is 8.45. The lowest BCUT2D eigenvalue weighted by atomic mass is 10.2. The molecule has 1 aromatic rings. The van der Waals surface area contributed by atoms with Crippen molar-refractivity contribution in [2.75, 3.05) is 11.0 Å². The molecule has 70 valence electrons. The molecule has 1 aromatic carbocycles. The highest BCUT2D eigenvalue weighted by atomic mass is 35.5. The van der Waals surface area contributed by atoms with E-state index in [0.29, 0.717) is 10.7 Å². The topological polar surface area (TPSA) is 49.3 Å². The molecule has 0 aliphatic carbocycles. The summed E-state index contributed by atoms with van der Waals surface area (Å²) in [5.41, 5.74) is 0.631. The summed E-state index contributed by atoms with van der Waals surface area (Å²) in [4.78, 5) is 10.7. The van der Waals surface area contributed by atoms with Crippen LogP contribution >= 0.6 is 23.5 Å². The van der Waals surface area contributed by atoms with Gasteiger partial charge in [-0.25, -0.2) is 4.79 Å². The Morgan fingerprint density at radius 1 is 1.62 bits per heavy atom. The van der Waals surface area contributed by atoms with Crippen molar-refractivity contribution in [2.45, 2.75) is 0 Å². The number of para-hydroxylation sites is 1. The minimum absolute atomic E-state index is 0.182. The van der Waals surface area contributed by atoms with E-state index in [-0.39, 0.29) is 5.56 Å². The zero-order valence-electron chi connectivity index (χ0n) is 6.87. The van der Waals surface area contributed by atoms with E-state index in [0.717, 1.165) is 0 Å². The Hall–Kier alpha value is -0.870. The van der Waals surface area contributed by atoms with E-state index < -0.39 is 5.97 Å². The second-order valence-corrected chi connectivity index (χ2v) is 3.29. The highest BCUT2D eigenvalue weighted by Gasteiger charge is 2.11. The number of carboxylic acids is 1. The summed E-state index contributed by atoms with van der Waals surface area (Å²) < 4.78 is 2.83. The maximum absolute atomic E-state index is 10.7. The van der Waals surface area contributed by atoms with Crippen LogP contribution in [0.1, 0.15) is 10.4 Å². The van der Waals surface area contributed by atoms with Crippen molar-refractivity contribution in [1.29, 1.82) is 0 Å². The predicted molar refractivity (Wildman–Crippen MR) is 55.5 cm³/mol. The van der Waals surface area contributed by atoms with Gasteiger partial charge in [-0.15, -0.1) is 0 Å². The van der Waals surface area contributed by atoms with Crippen molar-refractivity contribution in [3.63, 3.8) is 0 Å². The molecule has 0 aromatic heterocycles. The minimum atomic E-state index is -0.987. The van der Waals surface area contributed by atoms with Crippen molar-refractivity contribution in [2.24, 2.45) is 0 Å². The number of halogens is 1. The fraction of sp³-hybridized carbons (Fsp3) is 0.125. The fourth-order valence-electron chi connectivity index (χ4n) is 0.908. The fourth-order valence-corrected chi connectivity index (χ4v) is 1.61. The van der Waals surface area contributed by atoms with E-state index in [2.05, 4.69) is 4.72 Å². The molecule has 0 spiro atoms. The zero-order chi connectivity index (χ0) is 9.84. The number of hydrogen-bond donors (Lipinski definition) is 2. The lowest BCUT2D eigenvalue weighted by Gasteiger charge is -2.07. The quantitative estimate of drug-likeness (QED) is 0.765. The number of hydrogen-bond acceptors (Lipinski definition) is 3. The highest BCUT2D eigenvalue weighted by Crippen LogP contribution is 2.27. The molecule has 0 aliphatic rings. The van der Waals surface area contributed by atoms with Crippen LogP contribution in [0, 0.1) is 0 Å². The van der Waals surface area contributed by atoms with Crippen LogP contribution in [0.15, 0.2) is 18.2 Å². The molecule has 3 nitrogen and oxygen atoms in total. The Balaban J connectivity index is 3.17. The normalized spacial score (nSPS) is 9.69. The van der Waals surface area contributed by atoms with Crippen LogP contribution in [0.2, 0.25) is 5.02 Å². The van der Waals surface area contributed by atoms with Gasteiger partial charge in [0.25, 0.3) is 0 Å². The average Bonchev–Trinajstić information content (AvgIpc) is 2.08. The van der Waals surface area contributed by atoms with Gasteiger partial charge in [0.05, 0.1) is 16.3 Å². The average molecular weight is 218 g/mol. The monoisotopic (exact) mass is 217 g/mol. The number of aromatic carboxylic acids is 1. The Bertz CT molecular complexity index is 330. The molecule has 0 unspecified atom stereocenters. The molecule has 0 heterocycles. The molecule has 5 heteroatoms. The van der Waals surface area contributed by atoms with E-state index in [9.17, 15) is 4.79 Å². The third-order valence-corrected chi connectivity index (χ3v) is 2.17. The Labute approximate surface area is 85.2 Å². The largest absolute Gasteiger partial charge is 0.478 e. The molecule has 0 saturated heterocycles. The summed E-state index contributed by atoms with van der Waals surface area (Å²) in [5.74, 6) is -0.987. The number of rotatable bonds is 3. The smallest absolute Gasteiger partial charge is 0.337 e. The summed E-state index contributed by atoms with van der Waals surface area (Å²) in [5, 5.41) is 9.22. The van der Waals surface area contributed by atoms with Crippen LogP contribution in [0.3, 0.4) is 0 Å². The number of carboxylic acid groups (broad SMARTS) is 1. The molecule has 13 heavy (non-hydrogen) atoms. The molecule has 0 radical (unpaired) electrons. The third kappa shape index (κ3) is 2.29. The first-order valence-corrected chi connectivity index (χ1v) is 5.08. The molecule has 0 amide bonds. The lowest BCUT2D eigenvalue weighted by molar-refractivity contribution is 0.0698. The van der Waals surface area contributed by atoms with Gasteiger partial charge in [-0.05, 0) is 12.1 Å². The van der Waals surface area contributed by atoms with Crippen LogP contribution in [0.25, 0.3) is 0 Å². The first-order valence-electron chi connectivity index (χ1n) is 3.47. The van der Waals surface area contributed by atoms with Gasteiger partial charge in [0, 0.05) is 6.26 Å². The summed E-state index contributed by atoms with van der Waals surface area (Å²) >= 11 is 7.12. The SMILES string of the molecule is CSNc1c(Cl)cccc1C(=O)O. The lowest BCUT2D eigenvalue weighted by Crippen LogP contribution is -2.01. The van der Waals surface area contributed by atoms with E-state index in [1.165, 1.54) is 18.0 Å². The van der Waals surface area contributed by atoms with Gasteiger partial charge in [-0.1, -0.05) is 29.6 Å². The van der Waals surface area contributed by atoms with Crippen molar-refractivity contribution in [3.05, 3.63) is 28.8 Å². The molecular formula is C8H8ClNO2S. The third-order valence-electron chi connectivity index (χ3n) is 1.45. The van der Waals surface area contributed by atoms with E-state index >= 15 is 0 Å². The van der Waals surface area contributed by atoms with Gasteiger partial charge in [0.15, 0.2) is 0 Å². The molecule has 0 aliphatic heterocycles. The number of anilines is 1. The minimum Gasteiger partial charge on any atom is -0.478 e. The highest BCUT2D eigenvalue weighted by molar-refractivity contribution is 7.99. The molecule has 0 bridgehead atoms. The first kappa shape index (κ1) is 10.2. The molecular weight excluding hydrogens is 210 g/mol. The summed E-state index contributed by atoms with van der Waals surface area (Å²) in [6.07, 6.45) is 1.80. The van der Waals surface area contributed by atoms with Gasteiger partial charge in [0.1, 0.15) is 0 Å². The molecule has 2 N–H and O–H groups in total. The van der Waals surface area contributed by atoms with Crippen molar-refractivity contribution < 1.29 is 9.90 Å². The summed E-state index contributed by atoms with van der Waals surface area (Å²) in [6, 6.07) is 4.76. The second kappa shape index (κ2) is 4.39. The van der Waals surface area contributed by atoms with Gasteiger partial charge in [0.2, 0.25) is 0 Å². The maximum Gasteiger partial charge on any atom is 0.337 e. The Morgan fingerprint density at radius 3 is 2.85 bits per heavy atom. The standard InChI is InChI=1S/C8H8ClNO2S/c1-13-10-7-5(8(11)12)3-2-4-6(7)9/h2-4,10H,1H3,(H,11,12). The van der Waals surface area contributed by atoms with Gasteiger partial charge in [-0.2, -0.15) is 0 Å². The first-order chi connectivity index (χ1) is 6.16. The van der Waals surface area contributed by atoms with Crippen molar-refractivity contribution >= 4 is 35.2 Å². The van der Waals surface area contributed by atoms with E-state index in [1.54, 1.807) is 18.4 Å². The maximum atomic E-state index is 10.7. The molecule has 0 fully saturated rings. The van der Waals surface area contributed by atoms with Crippen LogP contribution in [-0.4, -0.2) is 17.3 Å². The number of nitrogens with one attached hydrogen (secondary N) is 1. The Kier molecular flexibility index (Phi) is 3.45. The molecule has 0 atom stereocenters. The van der Waals surface area contributed by atoms with E-state index in [1.807, 2.05) is 0 Å². The Morgan fingerprint density at radius 2 is 2.31 bits per heavy atom. The molecule has 0 saturated carbocycles. The van der Waals surface area contributed by atoms with E-state index in [4.69, 9.17) is 16.7 Å². The molecule has 1 rings (SSSR count). The van der Waals surface area contributed by atoms with Crippen molar-refractivity contribution in [3.8, 4) is 0 Å². The van der Waals surface area contributed by atoms with Crippen molar-refractivity contribution in [1.82, 2.24) is 0 Å². The van der Waals surface area contributed by atoms with Crippen LogP contribution in [0.5, 0.6) is 0 Å². The number of carbonyl (C=O) groups is 1.